The smallest absolute Gasteiger partial charge is 0.356 e. The Labute approximate surface area is 188 Å². The molecule has 1 aromatic carbocycles. The minimum absolute atomic E-state index is 0.0396. The van der Waals surface area contributed by atoms with E-state index in [-0.39, 0.29) is 39.9 Å². The van der Waals surface area contributed by atoms with Crippen LogP contribution in [0.1, 0.15) is 40.4 Å². The first-order valence-electron chi connectivity index (χ1n) is 9.57. The molecule has 3 N–H and O–H groups in total. The predicted molar refractivity (Wildman–Crippen MR) is 119 cm³/mol. The lowest BCUT2D eigenvalue weighted by molar-refractivity contribution is 0.0689. The van der Waals surface area contributed by atoms with Gasteiger partial charge in [-0.3, -0.25) is 4.79 Å². The Bertz CT molecular complexity index is 1240. The highest BCUT2D eigenvalue weighted by atomic mass is 32.2. The van der Waals surface area contributed by atoms with Crippen LogP contribution >= 0.6 is 11.3 Å². The van der Waals surface area contributed by atoms with Crippen LogP contribution in [0.2, 0.25) is 0 Å². The summed E-state index contributed by atoms with van der Waals surface area (Å²) in [6, 6.07) is 8.42. The van der Waals surface area contributed by atoms with E-state index in [0.717, 1.165) is 0 Å². The van der Waals surface area contributed by atoms with Crippen LogP contribution in [-0.4, -0.2) is 41.2 Å². The molecule has 1 amide bonds. The van der Waals surface area contributed by atoms with Crippen LogP contribution < -0.4 is 14.8 Å². The maximum Gasteiger partial charge on any atom is 0.356 e. The molecule has 0 unspecified atom stereocenters. The van der Waals surface area contributed by atoms with Crippen molar-refractivity contribution in [3.8, 4) is 11.6 Å². The molecule has 12 heteroatoms. The molecule has 3 rings (SSSR count). The van der Waals surface area contributed by atoms with Crippen molar-refractivity contribution >= 4 is 38.9 Å². The highest BCUT2D eigenvalue weighted by molar-refractivity contribution is 7.89. The van der Waals surface area contributed by atoms with Crippen LogP contribution in [0.4, 0.5) is 5.69 Å². The zero-order valence-electron chi connectivity index (χ0n) is 17.5. The summed E-state index contributed by atoms with van der Waals surface area (Å²) in [5, 5.41) is 17.4. The minimum Gasteiger partial charge on any atom is -0.476 e. The first kappa shape index (κ1) is 23.4. The van der Waals surface area contributed by atoms with Gasteiger partial charge >= 0.3 is 5.97 Å². The van der Waals surface area contributed by atoms with Crippen LogP contribution in [-0.2, 0) is 17.1 Å². The molecule has 0 aliphatic rings. The number of carbonyl (C=O) groups excluding carboxylic acids is 1. The van der Waals surface area contributed by atoms with Gasteiger partial charge in [0, 0.05) is 24.8 Å². The maximum absolute atomic E-state index is 13.1. The number of carbonyl (C=O) groups is 2. The van der Waals surface area contributed by atoms with Gasteiger partial charge in [0.2, 0.25) is 15.9 Å². The molecule has 170 valence electrons. The Morgan fingerprint density at radius 3 is 2.62 bits per heavy atom. The molecule has 0 aliphatic heterocycles. The first-order valence-corrected chi connectivity index (χ1v) is 11.9. The molecule has 0 radical (unpaired) electrons. The predicted octanol–water partition coefficient (Wildman–Crippen LogP) is 3.30. The molecule has 3 aromatic rings. The molecule has 0 aliphatic carbocycles. The number of nitrogens with one attached hydrogen (secondary N) is 2. The van der Waals surface area contributed by atoms with Crippen molar-refractivity contribution < 1.29 is 27.9 Å². The van der Waals surface area contributed by atoms with Gasteiger partial charge in [0.05, 0.1) is 4.88 Å². The van der Waals surface area contributed by atoms with Crippen molar-refractivity contribution in [2.45, 2.75) is 31.2 Å². The molecule has 1 atom stereocenters. The molecule has 32 heavy (non-hydrogen) atoms. The second-order valence-electron chi connectivity index (χ2n) is 6.92. The number of carboxylic acids is 1. The third kappa shape index (κ3) is 5.33. The number of aromatic carboxylic acids is 1. The summed E-state index contributed by atoms with van der Waals surface area (Å²) in [5.74, 6) is -1.62. The third-order valence-corrected chi connectivity index (χ3v) is 6.95. The van der Waals surface area contributed by atoms with E-state index in [1.165, 1.54) is 47.3 Å². The number of nitrogens with zero attached hydrogens (tertiary/aromatic N) is 2. The van der Waals surface area contributed by atoms with Crippen LogP contribution in [0, 0.1) is 0 Å². The van der Waals surface area contributed by atoms with Gasteiger partial charge in [-0.2, -0.15) is 5.10 Å². The number of sulfonamides is 1. The third-order valence-electron chi connectivity index (χ3n) is 4.48. The van der Waals surface area contributed by atoms with Crippen molar-refractivity contribution in [3.63, 3.8) is 0 Å². The second-order valence-corrected chi connectivity index (χ2v) is 9.55. The Morgan fingerprint density at radius 1 is 1.28 bits per heavy atom. The number of hydrogen-bond donors (Lipinski definition) is 3. The van der Waals surface area contributed by atoms with E-state index < -0.39 is 16.0 Å². The lowest BCUT2D eigenvalue weighted by Crippen LogP contribution is -2.32. The van der Waals surface area contributed by atoms with E-state index in [9.17, 15) is 18.0 Å². The fourth-order valence-corrected chi connectivity index (χ4v) is 4.75. The van der Waals surface area contributed by atoms with Gasteiger partial charge < -0.3 is 15.2 Å². The standard InChI is InChI=1S/C20H22N4O6S2/c1-4-12(2)23-32(28,29)17-10-13(21-19(25)16-6-5-9-31-16)7-8-15(17)30-18-11-14(20(26)27)22-24(18)3/h5-12,23H,4H2,1-3H3,(H,21,25)(H,26,27)/t12-/m0/s1. The molecule has 2 heterocycles. The molecule has 0 fully saturated rings. The highest BCUT2D eigenvalue weighted by Gasteiger charge is 2.24. The number of thiophene rings is 1. The van der Waals surface area contributed by atoms with Crippen LogP contribution in [0.25, 0.3) is 0 Å². The minimum atomic E-state index is -4.03. The molecule has 2 aromatic heterocycles. The van der Waals surface area contributed by atoms with E-state index in [1.54, 1.807) is 24.4 Å². The van der Waals surface area contributed by atoms with Gasteiger partial charge in [-0.15, -0.1) is 11.3 Å². The summed E-state index contributed by atoms with van der Waals surface area (Å²) in [7, 11) is -2.55. The van der Waals surface area contributed by atoms with Crippen molar-refractivity contribution in [2.75, 3.05) is 5.32 Å². The van der Waals surface area contributed by atoms with Crippen LogP contribution in [0.3, 0.4) is 0 Å². The van der Waals surface area contributed by atoms with Crippen LogP contribution in [0.5, 0.6) is 11.6 Å². The number of amides is 1. The Balaban J connectivity index is 2.00. The number of ether oxygens (including phenoxy) is 1. The van der Waals surface area contributed by atoms with Crippen molar-refractivity contribution in [1.82, 2.24) is 14.5 Å². The number of rotatable bonds is 9. The zero-order valence-corrected chi connectivity index (χ0v) is 19.2. The number of anilines is 1. The molecular weight excluding hydrogens is 456 g/mol. The quantitative estimate of drug-likeness (QED) is 0.429. The topological polar surface area (TPSA) is 140 Å². The second kappa shape index (κ2) is 9.51. The lowest BCUT2D eigenvalue weighted by atomic mass is 10.3. The van der Waals surface area contributed by atoms with E-state index >= 15 is 0 Å². The van der Waals surface area contributed by atoms with E-state index in [2.05, 4.69) is 15.1 Å². The Hall–Kier alpha value is -3.22. The SMILES string of the molecule is CC[C@H](C)NS(=O)(=O)c1cc(NC(=O)c2cccs2)ccc1Oc1cc(C(=O)O)nn1C. The summed E-state index contributed by atoms with van der Waals surface area (Å²) in [5.41, 5.74) is 0.0148. The average Bonchev–Trinajstić information content (AvgIpc) is 3.39. The van der Waals surface area contributed by atoms with Gasteiger partial charge in [0.1, 0.15) is 10.6 Å². The highest BCUT2D eigenvalue weighted by Crippen LogP contribution is 2.32. The molecule has 0 saturated heterocycles. The monoisotopic (exact) mass is 478 g/mol. The summed E-state index contributed by atoms with van der Waals surface area (Å²) in [6.45, 7) is 3.56. The largest absolute Gasteiger partial charge is 0.476 e. The van der Waals surface area contributed by atoms with Gasteiger partial charge in [0.15, 0.2) is 5.69 Å². The number of aromatic nitrogens is 2. The van der Waals surface area contributed by atoms with Crippen LogP contribution in [0.15, 0.2) is 46.7 Å². The van der Waals surface area contributed by atoms with Crippen molar-refractivity contribution in [3.05, 3.63) is 52.3 Å². The molecule has 10 nitrogen and oxygen atoms in total. The normalized spacial score (nSPS) is 12.3. The molecule has 0 spiro atoms. The van der Waals surface area contributed by atoms with Gasteiger partial charge in [0.25, 0.3) is 5.91 Å². The van der Waals surface area contributed by atoms with E-state index in [1.807, 2.05) is 6.92 Å². The van der Waals surface area contributed by atoms with E-state index in [0.29, 0.717) is 11.3 Å². The number of hydrogen-bond acceptors (Lipinski definition) is 7. The van der Waals surface area contributed by atoms with Crippen molar-refractivity contribution in [1.29, 1.82) is 0 Å². The van der Waals surface area contributed by atoms with E-state index in [4.69, 9.17) is 9.84 Å². The van der Waals surface area contributed by atoms with Crippen molar-refractivity contribution in [2.24, 2.45) is 7.05 Å². The van der Waals surface area contributed by atoms with Gasteiger partial charge in [-0.05, 0) is 43.0 Å². The maximum atomic E-state index is 13.1. The number of aryl methyl sites for hydroxylation is 1. The number of carboxylic acid groups (broad SMARTS) is 1. The zero-order chi connectivity index (χ0) is 23.5. The number of benzene rings is 1. The molecule has 0 saturated carbocycles. The fourth-order valence-electron chi connectivity index (χ4n) is 2.66. The molecule has 0 bridgehead atoms. The fraction of sp³-hybridized carbons (Fsp3) is 0.250. The molecular formula is C20H22N4O6S2. The average molecular weight is 479 g/mol. The lowest BCUT2D eigenvalue weighted by Gasteiger charge is -2.16. The van der Waals surface area contributed by atoms with Gasteiger partial charge in [-0.25, -0.2) is 22.6 Å². The Morgan fingerprint density at radius 2 is 2.03 bits per heavy atom. The summed E-state index contributed by atoms with van der Waals surface area (Å²) in [4.78, 5) is 23.8. The Kier molecular flexibility index (Phi) is 6.96. The summed E-state index contributed by atoms with van der Waals surface area (Å²) in [6.07, 6.45) is 0.563. The summed E-state index contributed by atoms with van der Waals surface area (Å²) < 4.78 is 35.6. The van der Waals surface area contributed by atoms with Gasteiger partial charge in [-0.1, -0.05) is 13.0 Å². The first-order chi connectivity index (χ1) is 15.1. The summed E-state index contributed by atoms with van der Waals surface area (Å²) >= 11 is 1.26.